The van der Waals surface area contributed by atoms with Gasteiger partial charge in [0.2, 0.25) is 0 Å². The van der Waals surface area contributed by atoms with Crippen molar-refractivity contribution in [1.82, 2.24) is 15.4 Å². The van der Waals surface area contributed by atoms with E-state index in [-0.39, 0.29) is 0 Å². The number of H-pyrrole nitrogens is 1. The summed E-state index contributed by atoms with van der Waals surface area (Å²) in [5.41, 5.74) is 2.87. The first kappa shape index (κ1) is 7.72. The molecule has 1 heterocycles. The van der Waals surface area contributed by atoms with Crippen LogP contribution in [0.4, 0.5) is 0 Å². The molecule has 1 aromatic heterocycles. The topological polar surface area (TPSA) is 41.6 Å². The molecule has 11 heavy (non-hydrogen) atoms. The molecule has 0 fully saturated rings. The average Bonchev–Trinajstić information content (AvgIpc) is 2.37. The number of nitrogens with zero attached hydrogens (tertiary/aromatic N) is 2. The fourth-order valence-corrected chi connectivity index (χ4v) is 0.703. The minimum Gasteiger partial charge on any atom is -0.197 e. The molecule has 0 aromatic carbocycles. The van der Waals surface area contributed by atoms with Crippen LogP contribution in [0.2, 0.25) is 0 Å². The lowest BCUT2D eigenvalue weighted by Crippen LogP contribution is -1.77. The molecule has 3 heteroatoms. The maximum absolute atomic E-state index is 3.94. The summed E-state index contributed by atoms with van der Waals surface area (Å²) >= 11 is 0. The molecule has 0 unspecified atom stereocenters. The van der Waals surface area contributed by atoms with Crippen LogP contribution in [0.25, 0.3) is 6.08 Å². The van der Waals surface area contributed by atoms with E-state index in [9.17, 15) is 0 Å². The zero-order valence-corrected chi connectivity index (χ0v) is 6.76. The van der Waals surface area contributed by atoms with Gasteiger partial charge in [-0.3, -0.25) is 0 Å². The number of rotatable bonds is 2. The van der Waals surface area contributed by atoms with Gasteiger partial charge in [-0.1, -0.05) is 12.7 Å². The Bertz CT molecular complexity index is 283. The molecule has 0 saturated carbocycles. The molecule has 1 aromatic rings. The molecule has 1 rings (SSSR count). The smallest absolute Gasteiger partial charge is 0.108 e. The van der Waals surface area contributed by atoms with Gasteiger partial charge in [0.1, 0.15) is 5.69 Å². The third kappa shape index (κ3) is 1.77. The third-order valence-electron chi connectivity index (χ3n) is 1.45. The van der Waals surface area contributed by atoms with Gasteiger partial charge in [-0.25, -0.2) is 0 Å². The largest absolute Gasteiger partial charge is 0.197 e. The molecule has 0 spiro atoms. The number of hydrogen-bond donors (Lipinski definition) is 1. The molecule has 0 radical (unpaired) electrons. The number of aryl methyl sites for hydroxylation is 1. The second-order valence-electron chi connectivity index (χ2n) is 2.39. The van der Waals surface area contributed by atoms with Gasteiger partial charge in [0.15, 0.2) is 0 Å². The zero-order chi connectivity index (χ0) is 8.27. The van der Waals surface area contributed by atoms with Crippen molar-refractivity contribution in [2.24, 2.45) is 0 Å². The summed E-state index contributed by atoms with van der Waals surface area (Å²) in [6.45, 7) is 7.53. The van der Waals surface area contributed by atoms with Crippen molar-refractivity contribution in [2.75, 3.05) is 0 Å². The van der Waals surface area contributed by atoms with Crippen molar-refractivity contribution < 1.29 is 0 Å². The monoisotopic (exact) mass is 149 g/mol. The van der Waals surface area contributed by atoms with Crippen LogP contribution in [0.3, 0.4) is 0 Å². The van der Waals surface area contributed by atoms with Gasteiger partial charge in [0, 0.05) is 0 Å². The van der Waals surface area contributed by atoms with Gasteiger partial charge in [-0.2, -0.15) is 15.4 Å². The molecule has 0 amide bonds. The van der Waals surface area contributed by atoms with Crippen molar-refractivity contribution in [3.8, 4) is 0 Å². The van der Waals surface area contributed by atoms with Crippen LogP contribution in [0.5, 0.6) is 0 Å². The predicted molar refractivity (Wildman–Crippen MR) is 45.0 cm³/mol. The van der Waals surface area contributed by atoms with Gasteiger partial charge in [0.05, 0.1) is 5.69 Å². The van der Waals surface area contributed by atoms with E-state index in [1.165, 1.54) is 0 Å². The normalized spacial score (nSPS) is 11.6. The molecule has 0 aliphatic carbocycles. The van der Waals surface area contributed by atoms with Crippen LogP contribution in [-0.4, -0.2) is 15.4 Å². The SMILES string of the molecule is C=C/C(C)=C\c1n[nH]nc1C. The lowest BCUT2D eigenvalue weighted by Gasteiger charge is -1.88. The molecule has 0 saturated heterocycles. The van der Waals surface area contributed by atoms with Crippen LogP contribution in [0, 0.1) is 6.92 Å². The van der Waals surface area contributed by atoms with Crippen LogP contribution in [0.1, 0.15) is 18.3 Å². The Labute approximate surface area is 65.8 Å². The quantitative estimate of drug-likeness (QED) is 0.650. The lowest BCUT2D eigenvalue weighted by molar-refractivity contribution is 0.926. The highest BCUT2D eigenvalue weighted by atomic mass is 15.3. The first-order chi connectivity index (χ1) is 5.24. The highest BCUT2D eigenvalue weighted by Crippen LogP contribution is 2.05. The van der Waals surface area contributed by atoms with Gasteiger partial charge in [0.25, 0.3) is 0 Å². The maximum Gasteiger partial charge on any atom is 0.108 e. The molecular weight excluding hydrogens is 138 g/mol. The molecular formula is C8H11N3. The Hall–Kier alpha value is -1.38. The summed E-state index contributed by atoms with van der Waals surface area (Å²) in [5.74, 6) is 0. The van der Waals surface area contributed by atoms with Crippen molar-refractivity contribution in [2.45, 2.75) is 13.8 Å². The maximum atomic E-state index is 3.94. The Morgan fingerprint density at radius 2 is 2.27 bits per heavy atom. The first-order valence-electron chi connectivity index (χ1n) is 3.42. The van der Waals surface area contributed by atoms with Crippen molar-refractivity contribution >= 4 is 6.08 Å². The summed E-state index contributed by atoms with van der Waals surface area (Å²) in [7, 11) is 0. The predicted octanol–water partition coefficient (Wildman–Crippen LogP) is 1.70. The highest BCUT2D eigenvalue weighted by molar-refractivity contribution is 5.52. The van der Waals surface area contributed by atoms with E-state index in [2.05, 4.69) is 22.0 Å². The van der Waals surface area contributed by atoms with Crippen LogP contribution >= 0.6 is 0 Å². The van der Waals surface area contributed by atoms with Gasteiger partial charge < -0.3 is 0 Å². The minimum atomic E-state index is 0.877. The fraction of sp³-hybridized carbons (Fsp3) is 0.250. The fourth-order valence-electron chi connectivity index (χ4n) is 0.703. The summed E-state index contributed by atoms with van der Waals surface area (Å²) in [4.78, 5) is 0. The molecule has 1 N–H and O–H groups in total. The molecule has 0 aliphatic rings. The number of allylic oxidation sites excluding steroid dienone is 2. The van der Waals surface area contributed by atoms with Crippen LogP contribution in [0.15, 0.2) is 18.2 Å². The minimum absolute atomic E-state index is 0.877. The van der Waals surface area contributed by atoms with E-state index < -0.39 is 0 Å². The summed E-state index contributed by atoms with van der Waals surface area (Å²) < 4.78 is 0. The second kappa shape index (κ2) is 3.14. The van der Waals surface area contributed by atoms with Crippen LogP contribution in [-0.2, 0) is 0 Å². The zero-order valence-electron chi connectivity index (χ0n) is 6.76. The van der Waals surface area contributed by atoms with Crippen molar-refractivity contribution in [3.05, 3.63) is 29.6 Å². The van der Waals surface area contributed by atoms with Gasteiger partial charge >= 0.3 is 0 Å². The van der Waals surface area contributed by atoms with Crippen LogP contribution < -0.4 is 0 Å². The molecule has 0 atom stereocenters. The Kier molecular flexibility index (Phi) is 2.21. The van der Waals surface area contributed by atoms with E-state index in [1.807, 2.05) is 19.9 Å². The van der Waals surface area contributed by atoms with E-state index in [0.29, 0.717) is 0 Å². The number of nitrogens with one attached hydrogen (secondary N) is 1. The van der Waals surface area contributed by atoms with Gasteiger partial charge in [-0.15, -0.1) is 0 Å². The number of aromatic amines is 1. The lowest BCUT2D eigenvalue weighted by atomic mass is 10.2. The summed E-state index contributed by atoms with van der Waals surface area (Å²) in [5, 5.41) is 10.4. The third-order valence-corrected chi connectivity index (χ3v) is 1.45. The van der Waals surface area contributed by atoms with Crippen molar-refractivity contribution in [1.29, 1.82) is 0 Å². The number of aromatic nitrogens is 3. The summed E-state index contributed by atoms with van der Waals surface area (Å²) in [6, 6.07) is 0. The first-order valence-corrected chi connectivity index (χ1v) is 3.42. The number of hydrogen-bond acceptors (Lipinski definition) is 2. The Morgan fingerprint density at radius 3 is 2.73 bits per heavy atom. The molecule has 3 nitrogen and oxygen atoms in total. The Balaban J connectivity index is 2.94. The van der Waals surface area contributed by atoms with Crippen molar-refractivity contribution in [3.63, 3.8) is 0 Å². The molecule has 0 bridgehead atoms. The van der Waals surface area contributed by atoms with E-state index in [1.54, 1.807) is 6.08 Å². The average molecular weight is 149 g/mol. The molecule has 0 aliphatic heterocycles. The highest BCUT2D eigenvalue weighted by Gasteiger charge is 1.96. The molecule has 58 valence electrons. The van der Waals surface area contributed by atoms with E-state index in [4.69, 9.17) is 0 Å². The standard InChI is InChI=1S/C8H11N3/c1-4-6(2)5-8-7(3)9-11-10-8/h4-5H,1H2,2-3H3,(H,9,10,11)/b6-5-. The summed E-state index contributed by atoms with van der Waals surface area (Å²) in [6.07, 6.45) is 3.72. The van der Waals surface area contributed by atoms with E-state index in [0.717, 1.165) is 17.0 Å². The Morgan fingerprint density at radius 1 is 1.55 bits per heavy atom. The van der Waals surface area contributed by atoms with Gasteiger partial charge in [-0.05, 0) is 25.5 Å². The van der Waals surface area contributed by atoms with E-state index >= 15 is 0 Å². The second-order valence-corrected chi connectivity index (χ2v) is 2.39.